The van der Waals surface area contributed by atoms with Gasteiger partial charge in [-0.3, -0.25) is 4.57 Å². The molecule has 0 atom stereocenters. The summed E-state index contributed by atoms with van der Waals surface area (Å²) in [7, 11) is -3.66. The van der Waals surface area contributed by atoms with Crippen LogP contribution in [0, 0.1) is 12.8 Å². The third-order valence-corrected chi connectivity index (χ3v) is 7.90. The first kappa shape index (κ1) is 18.0. The Bertz CT molecular complexity index is 1250. The second-order valence-electron chi connectivity index (χ2n) is 8.09. The van der Waals surface area contributed by atoms with Crippen LogP contribution < -0.4 is 10.4 Å². The number of hydrogen-bond acceptors (Lipinski definition) is 6. The molecule has 1 aromatic carbocycles. The highest BCUT2D eigenvalue weighted by molar-refractivity contribution is 7.89. The molecule has 5 rings (SSSR count). The molecule has 1 N–H and O–H groups in total. The molecule has 2 aromatic heterocycles. The van der Waals surface area contributed by atoms with Crippen molar-refractivity contribution in [2.24, 2.45) is 5.92 Å². The summed E-state index contributed by atoms with van der Waals surface area (Å²) in [6, 6.07) is 4.88. The summed E-state index contributed by atoms with van der Waals surface area (Å²) in [5, 5.41) is 9.34. The van der Waals surface area contributed by atoms with E-state index in [1.807, 2.05) is 13.8 Å². The smallest absolute Gasteiger partial charge is 0.291 e. The molecule has 2 aliphatic carbocycles. The Labute approximate surface area is 166 Å². The number of nitrogens with zero attached hydrogens (tertiary/aromatic N) is 4. The molecule has 0 amide bonds. The highest BCUT2D eigenvalue weighted by atomic mass is 32.2. The lowest BCUT2D eigenvalue weighted by Gasteiger charge is -2.12. The molecule has 10 heteroatoms. The van der Waals surface area contributed by atoms with Crippen LogP contribution in [-0.2, 0) is 16.6 Å². The molecule has 2 heterocycles. The topological polar surface area (TPSA) is 98.9 Å². The lowest BCUT2D eigenvalue weighted by molar-refractivity contribution is 0.558. The first-order chi connectivity index (χ1) is 13.3. The number of aryl methyl sites for hydroxylation is 1. The fourth-order valence-electron chi connectivity index (χ4n) is 3.37. The third-order valence-electron chi connectivity index (χ3n) is 5.44. The Balaban J connectivity index is 1.69. The molecule has 0 radical (unpaired) electrons. The summed E-state index contributed by atoms with van der Waals surface area (Å²) in [6.45, 7) is 4.36. The predicted molar refractivity (Wildman–Crippen MR) is 106 cm³/mol. The second-order valence-corrected chi connectivity index (χ2v) is 10.9. The zero-order chi connectivity index (χ0) is 19.7. The Morgan fingerprint density at radius 2 is 2.00 bits per heavy atom. The van der Waals surface area contributed by atoms with Gasteiger partial charge in [-0.25, -0.2) is 22.5 Å². The van der Waals surface area contributed by atoms with Crippen molar-refractivity contribution < 1.29 is 8.42 Å². The normalized spacial score (nSPS) is 18.6. The van der Waals surface area contributed by atoms with E-state index in [0.29, 0.717) is 23.1 Å². The van der Waals surface area contributed by atoms with Crippen LogP contribution in [0.15, 0.2) is 27.9 Å². The van der Waals surface area contributed by atoms with Crippen molar-refractivity contribution in [2.75, 3.05) is 0 Å². The molecule has 2 aliphatic rings. The van der Waals surface area contributed by atoms with Gasteiger partial charge in [-0.05, 0) is 63.6 Å². The van der Waals surface area contributed by atoms with Gasteiger partial charge in [-0.15, -0.1) is 10.2 Å². The molecule has 148 valence electrons. The fourth-order valence-corrected chi connectivity index (χ4v) is 5.55. The van der Waals surface area contributed by atoms with E-state index in [9.17, 15) is 13.2 Å². The number of fused-ring (bicyclic) bond motifs is 1. The fraction of sp³-hybridized carbons (Fsp3) is 0.500. The van der Waals surface area contributed by atoms with Crippen LogP contribution in [0.5, 0.6) is 0 Å². The van der Waals surface area contributed by atoms with Gasteiger partial charge in [0, 0.05) is 12.1 Å². The highest BCUT2D eigenvalue weighted by Crippen LogP contribution is 2.36. The van der Waals surface area contributed by atoms with Gasteiger partial charge >= 0.3 is 5.69 Å². The number of aromatic nitrogens is 4. The van der Waals surface area contributed by atoms with E-state index in [0.717, 1.165) is 36.2 Å². The van der Waals surface area contributed by atoms with Crippen molar-refractivity contribution >= 4 is 32.4 Å². The molecule has 8 nitrogen and oxygen atoms in total. The Morgan fingerprint density at radius 1 is 1.25 bits per heavy atom. The number of sulfonamides is 1. The van der Waals surface area contributed by atoms with Crippen LogP contribution in [0.1, 0.15) is 37.6 Å². The van der Waals surface area contributed by atoms with E-state index < -0.39 is 10.0 Å². The lowest BCUT2D eigenvalue weighted by Crippen LogP contribution is -2.34. The Morgan fingerprint density at radius 3 is 2.61 bits per heavy atom. The predicted octanol–water partition coefficient (Wildman–Crippen LogP) is 2.19. The summed E-state index contributed by atoms with van der Waals surface area (Å²) < 4.78 is 31.6. The van der Waals surface area contributed by atoms with Gasteiger partial charge in [0.25, 0.3) is 0 Å². The number of rotatable bonds is 6. The van der Waals surface area contributed by atoms with Crippen LogP contribution >= 0.6 is 11.3 Å². The molecule has 2 saturated carbocycles. The first-order valence-electron chi connectivity index (χ1n) is 9.36. The maximum Gasteiger partial charge on any atom is 0.335 e. The number of benzene rings is 1. The molecule has 3 aromatic rings. The van der Waals surface area contributed by atoms with Crippen LogP contribution in [0.2, 0.25) is 0 Å². The molecule has 0 bridgehead atoms. The lowest BCUT2D eigenvalue weighted by atomic mass is 10.3. The number of hydrogen-bond donors (Lipinski definition) is 1. The minimum atomic E-state index is -3.66. The molecular formula is C18H21N5O3S2. The van der Waals surface area contributed by atoms with E-state index in [1.54, 1.807) is 22.8 Å². The van der Waals surface area contributed by atoms with Gasteiger partial charge in [-0.1, -0.05) is 11.3 Å². The third kappa shape index (κ3) is 3.09. The van der Waals surface area contributed by atoms with Crippen LogP contribution in [0.25, 0.3) is 16.2 Å². The maximum atomic E-state index is 13.2. The van der Waals surface area contributed by atoms with Gasteiger partial charge in [0.15, 0.2) is 0 Å². The SMILES string of the molecule is Cc1nnc(-n2c(=O)n(CC3CC3)c3ccc(S(=O)(=O)NC4(C)CC4)cc32)s1. The van der Waals surface area contributed by atoms with Crippen molar-refractivity contribution in [3.63, 3.8) is 0 Å². The van der Waals surface area contributed by atoms with Gasteiger partial charge in [0.2, 0.25) is 15.2 Å². The van der Waals surface area contributed by atoms with Gasteiger partial charge in [0.1, 0.15) is 5.01 Å². The first-order valence-corrected chi connectivity index (χ1v) is 11.7. The molecule has 0 spiro atoms. The zero-order valence-corrected chi connectivity index (χ0v) is 17.3. The summed E-state index contributed by atoms with van der Waals surface area (Å²) >= 11 is 1.31. The Hall–Kier alpha value is -2.04. The van der Waals surface area contributed by atoms with Crippen LogP contribution in [0.3, 0.4) is 0 Å². The van der Waals surface area contributed by atoms with Crippen LogP contribution in [0.4, 0.5) is 0 Å². The van der Waals surface area contributed by atoms with Gasteiger partial charge in [0.05, 0.1) is 15.9 Å². The van der Waals surface area contributed by atoms with E-state index in [1.165, 1.54) is 15.9 Å². The molecule has 2 fully saturated rings. The van der Waals surface area contributed by atoms with Crippen LogP contribution in [-0.4, -0.2) is 33.3 Å². The average Bonchev–Trinajstić information content (AvgIpc) is 3.52. The number of nitrogens with one attached hydrogen (secondary N) is 1. The molecule has 0 saturated heterocycles. The molecule has 28 heavy (non-hydrogen) atoms. The monoisotopic (exact) mass is 419 g/mol. The molecule has 0 unspecified atom stereocenters. The molecule has 0 aliphatic heterocycles. The van der Waals surface area contributed by atoms with Crippen molar-refractivity contribution in [1.82, 2.24) is 24.1 Å². The van der Waals surface area contributed by atoms with Crippen molar-refractivity contribution in [3.05, 3.63) is 33.7 Å². The van der Waals surface area contributed by atoms with E-state index in [4.69, 9.17) is 0 Å². The zero-order valence-electron chi connectivity index (χ0n) is 15.7. The van der Waals surface area contributed by atoms with E-state index >= 15 is 0 Å². The summed E-state index contributed by atoms with van der Waals surface area (Å²) in [6.07, 6.45) is 3.90. The minimum absolute atomic E-state index is 0.159. The second kappa shape index (κ2) is 5.98. The summed E-state index contributed by atoms with van der Waals surface area (Å²) in [5.41, 5.74) is 0.712. The highest BCUT2D eigenvalue weighted by Gasteiger charge is 2.41. The van der Waals surface area contributed by atoms with Crippen molar-refractivity contribution in [2.45, 2.75) is 56.5 Å². The maximum absolute atomic E-state index is 13.2. The van der Waals surface area contributed by atoms with Crippen molar-refractivity contribution in [3.8, 4) is 5.13 Å². The van der Waals surface area contributed by atoms with Crippen molar-refractivity contribution in [1.29, 1.82) is 0 Å². The Kier molecular flexibility index (Phi) is 3.85. The van der Waals surface area contributed by atoms with Gasteiger partial charge in [-0.2, -0.15) is 0 Å². The number of imidazole rings is 1. The largest absolute Gasteiger partial charge is 0.335 e. The summed E-state index contributed by atoms with van der Waals surface area (Å²) in [4.78, 5) is 13.3. The molecular weight excluding hydrogens is 398 g/mol. The average molecular weight is 420 g/mol. The summed E-state index contributed by atoms with van der Waals surface area (Å²) in [5.74, 6) is 0.507. The van der Waals surface area contributed by atoms with Gasteiger partial charge < -0.3 is 0 Å². The van der Waals surface area contributed by atoms with E-state index in [2.05, 4.69) is 14.9 Å². The minimum Gasteiger partial charge on any atom is -0.291 e. The van der Waals surface area contributed by atoms with E-state index in [-0.39, 0.29) is 16.1 Å². The standard InChI is InChI=1S/C18H21N5O3S2/c1-11-19-20-16(27-11)23-15-9-13(28(25,26)21-18(2)7-8-18)5-6-14(15)22(17(23)24)10-12-3-4-12/h5-6,9,12,21H,3-4,7-8,10H2,1-2H3. The quantitative estimate of drug-likeness (QED) is 0.660.